The number of aliphatic hydroxyl groups is 1. The summed E-state index contributed by atoms with van der Waals surface area (Å²) >= 11 is 0. The van der Waals surface area contributed by atoms with Gasteiger partial charge in [-0.15, -0.1) is 0 Å². The van der Waals surface area contributed by atoms with Gasteiger partial charge in [-0.05, 0) is 19.1 Å². The first-order valence-electron chi connectivity index (χ1n) is 9.09. The number of aryl methyl sites for hydroxylation is 2. The number of hydrogen-bond donors (Lipinski definition) is 4. The summed E-state index contributed by atoms with van der Waals surface area (Å²) in [6.07, 6.45) is 5.30. The van der Waals surface area contributed by atoms with Crippen LogP contribution in [0.25, 0.3) is 11.1 Å². The summed E-state index contributed by atoms with van der Waals surface area (Å²) in [6.45, 7) is 1.97. The first-order chi connectivity index (χ1) is 13.4. The van der Waals surface area contributed by atoms with Crippen LogP contribution < -0.4 is 16.0 Å². The molecule has 0 aliphatic carbocycles. The molecule has 1 aliphatic rings. The second-order valence-corrected chi connectivity index (χ2v) is 7.09. The van der Waals surface area contributed by atoms with E-state index in [4.69, 9.17) is 0 Å². The lowest BCUT2D eigenvalue weighted by Gasteiger charge is -2.16. The molecule has 9 nitrogen and oxygen atoms in total. The highest BCUT2D eigenvalue weighted by Crippen LogP contribution is 2.32. The minimum atomic E-state index is -0.671. The summed E-state index contributed by atoms with van der Waals surface area (Å²) in [5, 5.41) is 27.9. The van der Waals surface area contributed by atoms with Crippen molar-refractivity contribution >= 4 is 23.1 Å². The van der Waals surface area contributed by atoms with Gasteiger partial charge in [0.2, 0.25) is 0 Å². The first kappa shape index (κ1) is 18.1. The highest BCUT2D eigenvalue weighted by Gasteiger charge is 2.24. The van der Waals surface area contributed by atoms with Gasteiger partial charge in [0.15, 0.2) is 5.82 Å². The van der Waals surface area contributed by atoms with Crippen molar-refractivity contribution in [1.29, 1.82) is 0 Å². The number of para-hydroxylation sites is 1. The maximum absolute atomic E-state index is 13.1. The molecule has 2 aromatic heterocycles. The van der Waals surface area contributed by atoms with Crippen molar-refractivity contribution in [3.63, 3.8) is 0 Å². The van der Waals surface area contributed by atoms with Gasteiger partial charge in [-0.1, -0.05) is 6.07 Å². The maximum atomic E-state index is 13.1. The quantitative estimate of drug-likeness (QED) is 0.553. The number of aliphatic hydroxyl groups excluding tert-OH is 1. The Hall–Kier alpha value is -3.33. The molecule has 4 rings (SSSR count). The van der Waals surface area contributed by atoms with Crippen LogP contribution in [0.4, 0.5) is 17.2 Å². The number of hydrogen-bond acceptors (Lipinski definition) is 6. The van der Waals surface area contributed by atoms with Crippen LogP contribution in [0.2, 0.25) is 0 Å². The Bertz CT molecular complexity index is 1020. The third-order valence-electron chi connectivity index (χ3n) is 4.68. The number of benzene rings is 1. The molecular formula is C19H23N7O2. The predicted molar refractivity (Wildman–Crippen MR) is 107 cm³/mol. The minimum Gasteiger partial charge on any atom is -0.380 e. The lowest BCUT2D eigenvalue weighted by molar-refractivity contribution is 0.102. The minimum absolute atomic E-state index is 0.0125. The van der Waals surface area contributed by atoms with E-state index >= 15 is 0 Å². The molecule has 28 heavy (non-hydrogen) atoms. The Labute approximate surface area is 162 Å². The van der Waals surface area contributed by atoms with Crippen molar-refractivity contribution in [3.05, 3.63) is 42.4 Å². The van der Waals surface area contributed by atoms with Gasteiger partial charge in [-0.3, -0.25) is 14.2 Å². The van der Waals surface area contributed by atoms with E-state index in [-0.39, 0.29) is 11.9 Å². The fourth-order valence-electron chi connectivity index (χ4n) is 3.42. The molecule has 9 heteroatoms. The standard InChI is InChI=1S/C19H23N7O2/c1-11-7-16(27)22-15-6-4-5-13(17(15)21-11)19(28)23-18-14(10-26(3)24-18)12-8-20-25(2)9-12/h4-6,8-11,16,21-22,27H,7H2,1-3H3,(H,23,24,28)/t11-,16?/m1/s1. The monoisotopic (exact) mass is 381 g/mol. The molecule has 0 fully saturated rings. The molecule has 1 amide bonds. The molecular weight excluding hydrogens is 358 g/mol. The molecule has 3 heterocycles. The third kappa shape index (κ3) is 3.44. The molecule has 1 aromatic carbocycles. The van der Waals surface area contributed by atoms with E-state index in [0.717, 1.165) is 11.1 Å². The molecule has 1 aliphatic heterocycles. The first-order valence-corrected chi connectivity index (χ1v) is 9.09. The van der Waals surface area contributed by atoms with Gasteiger partial charge in [-0.2, -0.15) is 10.2 Å². The third-order valence-corrected chi connectivity index (χ3v) is 4.68. The van der Waals surface area contributed by atoms with Gasteiger partial charge in [0.1, 0.15) is 6.23 Å². The van der Waals surface area contributed by atoms with Crippen molar-refractivity contribution in [3.8, 4) is 11.1 Å². The van der Waals surface area contributed by atoms with Crippen LogP contribution in [0, 0.1) is 0 Å². The molecule has 0 bridgehead atoms. The predicted octanol–water partition coefficient (Wildman–Crippen LogP) is 2.01. The normalized spacial score (nSPS) is 18.6. The Morgan fingerprint density at radius 1 is 1.25 bits per heavy atom. The van der Waals surface area contributed by atoms with Gasteiger partial charge < -0.3 is 21.1 Å². The van der Waals surface area contributed by atoms with Gasteiger partial charge >= 0.3 is 0 Å². The van der Waals surface area contributed by atoms with Crippen LogP contribution >= 0.6 is 0 Å². The van der Waals surface area contributed by atoms with E-state index < -0.39 is 6.23 Å². The van der Waals surface area contributed by atoms with E-state index in [1.54, 1.807) is 34.7 Å². The van der Waals surface area contributed by atoms with Crippen molar-refractivity contribution in [2.75, 3.05) is 16.0 Å². The van der Waals surface area contributed by atoms with Gasteiger partial charge in [0, 0.05) is 50.1 Å². The van der Waals surface area contributed by atoms with E-state index in [2.05, 4.69) is 26.1 Å². The maximum Gasteiger partial charge on any atom is 0.259 e. The van der Waals surface area contributed by atoms with Crippen molar-refractivity contribution in [2.45, 2.75) is 25.6 Å². The summed E-state index contributed by atoms with van der Waals surface area (Å²) < 4.78 is 3.36. The summed E-state index contributed by atoms with van der Waals surface area (Å²) in [5.41, 5.74) is 3.50. The molecule has 146 valence electrons. The summed E-state index contributed by atoms with van der Waals surface area (Å²) in [4.78, 5) is 13.1. The number of amides is 1. The Kier molecular flexibility index (Phi) is 4.52. The molecule has 0 spiro atoms. The zero-order chi connectivity index (χ0) is 19.8. The van der Waals surface area contributed by atoms with E-state index in [1.165, 1.54) is 0 Å². The van der Waals surface area contributed by atoms with Crippen LogP contribution in [-0.4, -0.2) is 42.8 Å². The highest BCUT2D eigenvalue weighted by atomic mass is 16.3. The molecule has 0 saturated carbocycles. The van der Waals surface area contributed by atoms with Crippen molar-refractivity contribution < 1.29 is 9.90 Å². The van der Waals surface area contributed by atoms with Crippen molar-refractivity contribution in [2.24, 2.45) is 14.1 Å². The Morgan fingerprint density at radius 3 is 2.82 bits per heavy atom. The zero-order valence-electron chi connectivity index (χ0n) is 16.0. The fourth-order valence-corrected chi connectivity index (χ4v) is 3.42. The van der Waals surface area contributed by atoms with Crippen LogP contribution in [-0.2, 0) is 14.1 Å². The molecule has 3 aromatic rings. The number of nitrogens with zero attached hydrogens (tertiary/aromatic N) is 4. The SMILES string of the molecule is C[C@@H]1CC(O)Nc2cccc(C(=O)Nc3nn(C)cc3-c3cnn(C)c3)c2N1. The number of rotatable bonds is 3. The number of carbonyl (C=O) groups is 1. The molecule has 2 atom stereocenters. The van der Waals surface area contributed by atoms with Crippen LogP contribution in [0.1, 0.15) is 23.7 Å². The number of fused-ring (bicyclic) bond motifs is 1. The molecule has 1 unspecified atom stereocenters. The summed E-state index contributed by atoms with van der Waals surface area (Å²) in [7, 11) is 3.64. The molecule has 0 saturated heterocycles. The van der Waals surface area contributed by atoms with E-state index in [0.29, 0.717) is 29.2 Å². The van der Waals surface area contributed by atoms with Crippen molar-refractivity contribution in [1.82, 2.24) is 19.6 Å². The lowest BCUT2D eigenvalue weighted by atomic mass is 10.1. The average Bonchev–Trinajstić information content (AvgIpc) is 3.17. The number of nitrogens with one attached hydrogen (secondary N) is 3. The lowest BCUT2D eigenvalue weighted by Crippen LogP contribution is -2.23. The van der Waals surface area contributed by atoms with E-state index in [1.807, 2.05) is 32.4 Å². The highest BCUT2D eigenvalue weighted by molar-refractivity contribution is 6.10. The summed E-state index contributed by atoms with van der Waals surface area (Å²) in [6, 6.07) is 5.38. The zero-order valence-corrected chi connectivity index (χ0v) is 16.0. The smallest absolute Gasteiger partial charge is 0.259 e. The second kappa shape index (κ2) is 7.01. The van der Waals surface area contributed by atoms with Gasteiger partial charge in [-0.25, -0.2) is 0 Å². The second-order valence-electron chi connectivity index (χ2n) is 7.09. The van der Waals surface area contributed by atoms with Gasteiger partial charge in [0.25, 0.3) is 5.91 Å². The van der Waals surface area contributed by atoms with Crippen LogP contribution in [0.5, 0.6) is 0 Å². The largest absolute Gasteiger partial charge is 0.380 e. The van der Waals surface area contributed by atoms with Gasteiger partial charge in [0.05, 0.1) is 23.1 Å². The van der Waals surface area contributed by atoms with E-state index in [9.17, 15) is 9.90 Å². The Morgan fingerprint density at radius 2 is 2.07 bits per heavy atom. The number of aromatic nitrogens is 4. The molecule has 0 radical (unpaired) electrons. The van der Waals surface area contributed by atoms with Crippen LogP contribution in [0.15, 0.2) is 36.8 Å². The number of carbonyl (C=O) groups excluding carboxylic acids is 1. The average molecular weight is 381 g/mol. The molecule has 4 N–H and O–H groups in total. The fraction of sp³-hybridized carbons (Fsp3) is 0.316. The topological polar surface area (TPSA) is 109 Å². The number of anilines is 3. The Balaban J connectivity index is 1.67. The van der Waals surface area contributed by atoms with Crippen LogP contribution in [0.3, 0.4) is 0 Å². The summed E-state index contributed by atoms with van der Waals surface area (Å²) in [5.74, 6) is 0.186.